The summed E-state index contributed by atoms with van der Waals surface area (Å²) in [5, 5.41) is 0. The second-order valence-corrected chi connectivity index (χ2v) is 3.36. The molecule has 2 nitrogen and oxygen atoms in total. The van der Waals surface area contributed by atoms with Crippen molar-refractivity contribution in [1.82, 2.24) is 0 Å². The minimum atomic E-state index is -0.477. The van der Waals surface area contributed by atoms with Gasteiger partial charge in [0, 0.05) is 13.5 Å². The Hall–Kier alpha value is -0.370. The van der Waals surface area contributed by atoms with Gasteiger partial charge in [-0.1, -0.05) is 6.92 Å². The number of hydrogen-bond acceptors (Lipinski definition) is 2. The molecule has 0 bridgehead atoms. The fourth-order valence-electron chi connectivity index (χ4n) is 1.49. The maximum Gasteiger partial charge on any atom is 0.164 e. The summed E-state index contributed by atoms with van der Waals surface area (Å²) in [5.41, 5.74) is -0.477. The van der Waals surface area contributed by atoms with Gasteiger partial charge in [0.15, 0.2) is 5.78 Å². The normalized spacial score (nSPS) is 22.8. The lowest BCUT2D eigenvalue weighted by Gasteiger charge is -2.25. The van der Waals surface area contributed by atoms with Gasteiger partial charge in [0.05, 0.1) is 0 Å². The Morgan fingerprint density at radius 1 is 1.64 bits per heavy atom. The van der Waals surface area contributed by atoms with Crippen LogP contribution in [0.25, 0.3) is 0 Å². The molecule has 0 radical (unpaired) electrons. The van der Waals surface area contributed by atoms with Crippen LogP contribution in [0, 0.1) is 5.92 Å². The zero-order valence-electron chi connectivity index (χ0n) is 7.52. The first-order valence-corrected chi connectivity index (χ1v) is 4.23. The molecule has 0 aliphatic heterocycles. The molecule has 0 amide bonds. The van der Waals surface area contributed by atoms with E-state index in [4.69, 9.17) is 4.74 Å². The zero-order valence-corrected chi connectivity index (χ0v) is 7.52. The molecule has 11 heavy (non-hydrogen) atoms. The molecule has 0 aromatic carbocycles. The van der Waals surface area contributed by atoms with Gasteiger partial charge in [-0.15, -0.1) is 0 Å². The van der Waals surface area contributed by atoms with Crippen LogP contribution >= 0.6 is 0 Å². The van der Waals surface area contributed by atoms with Crippen molar-refractivity contribution < 1.29 is 9.53 Å². The van der Waals surface area contributed by atoms with E-state index in [1.807, 2.05) is 13.8 Å². The summed E-state index contributed by atoms with van der Waals surface area (Å²) in [6, 6.07) is 0. The molecule has 0 saturated heterocycles. The summed E-state index contributed by atoms with van der Waals surface area (Å²) in [4.78, 5) is 11.4. The van der Waals surface area contributed by atoms with E-state index in [1.165, 1.54) is 0 Å². The Morgan fingerprint density at radius 2 is 2.18 bits per heavy atom. The number of ketones is 1. The highest BCUT2D eigenvalue weighted by atomic mass is 16.5. The lowest BCUT2D eigenvalue weighted by atomic mass is 9.93. The van der Waals surface area contributed by atoms with Crippen molar-refractivity contribution >= 4 is 5.78 Å². The van der Waals surface area contributed by atoms with Crippen molar-refractivity contribution in [3.63, 3.8) is 0 Å². The standard InChI is InChI=1S/C9H16O2/c1-4-8(10)9(2,11-3)7-5-6-7/h7H,4-6H2,1-3H3. The summed E-state index contributed by atoms with van der Waals surface area (Å²) in [6.07, 6.45) is 2.88. The van der Waals surface area contributed by atoms with Gasteiger partial charge in [0.2, 0.25) is 0 Å². The number of methoxy groups -OCH3 is 1. The van der Waals surface area contributed by atoms with E-state index >= 15 is 0 Å². The van der Waals surface area contributed by atoms with Crippen LogP contribution in [-0.4, -0.2) is 18.5 Å². The maximum absolute atomic E-state index is 11.4. The first-order chi connectivity index (χ1) is 5.15. The lowest BCUT2D eigenvalue weighted by Crippen LogP contribution is -2.39. The zero-order chi connectivity index (χ0) is 8.48. The number of Topliss-reactive ketones (excluding diaryl/α,β-unsaturated/α-hetero) is 1. The van der Waals surface area contributed by atoms with E-state index < -0.39 is 5.60 Å². The van der Waals surface area contributed by atoms with Crippen LogP contribution in [0.4, 0.5) is 0 Å². The van der Waals surface area contributed by atoms with Gasteiger partial charge >= 0.3 is 0 Å². The molecule has 1 atom stereocenters. The molecule has 0 aromatic rings. The minimum Gasteiger partial charge on any atom is -0.370 e. The Balaban J connectivity index is 2.64. The monoisotopic (exact) mass is 156 g/mol. The average molecular weight is 156 g/mol. The average Bonchev–Trinajstić information content (AvgIpc) is 2.84. The molecule has 0 N–H and O–H groups in total. The topological polar surface area (TPSA) is 26.3 Å². The Labute approximate surface area is 67.9 Å². The predicted molar refractivity (Wildman–Crippen MR) is 43.4 cm³/mol. The fraction of sp³-hybridized carbons (Fsp3) is 0.889. The second kappa shape index (κ2) is 2.94. The van der Waals surface area contributed by atoms with Crippen LogP contribution in [0.5, 0.6) is 0 Å². The van der Waals surface area contributed by atoms with Gasteiger partial charge in [-0.25, -0.2) is 0 Å². The van der Waals surface area contributed by atoms with Crippen molar-refractivity contribution in [3.8, 4) is 0 Å². The van der Waals surface area contributed by atoms with Crippen LogP contribution in [-0.2, 0) is 9.53 Å². The number of rotatable bonds is 4. The van der Waals surface area contributed by atoms with E-state index in [9.17, 15) is 4.79 Å². The van der Waals surface area contributed by atoms with Crippen LogP contribution in [0.3, 0.4) is 0 Å². The minimum absolute atomic E-state index is 0.238. The van der Waals surface area contributed by atoms with Crippen LogP contribution in [0.15, 0.2) is 0 Å². The van der Waals surface area contributed by atoms with Gasteiger partial charge in [-0.05, 0) is 25.7 Å². The van der Waals surface area contributed by atoms with E-state index in [1.54, 1.807) is 7.11 Å². The number of ether oxygens (including phenoxy) is 1. The molecule has 1 aliphatic carbocycles. The fourth-order valence-corrected chi connectivity index (χ4v) is 1.49. The number of carbonyl (C=O) groups is 1. The Morgan fingerprint density at radius 3 is 2.45 bits per heavy atom. The highest BCUT2D eigenvalue weighted by Gasteiger charge is 2.46. The van der Waals surface area contributed by atoms with E-state index in [-0.39, 0.29) is 5.78 Å². The molecule has 1 saturated carbocycles. The van der Waals surface area contributed by atoms with Crippen molar-refractivity contribution in [3.05, 3.63) is 0 Å². The molecular weight excluding hydrogens is 140 g/mol. The third kappa shape index (κ3) is 1.45. The molecule has 1 aliphatic rings. The highest BCUT2D eigenvalue weighted by molar-refractivity contribution is 5.87. The third-order valence-electron chi connectivity index (χ3n) is 2.66. The molecule has 0 aromatic heterocycles. The van der Waals surface area contributed by atoms with Crippen LogP contribution < -0.4 is 0 Å². The molecule has 1 rings (SSSR count). The summed E-state index contributed by atoms with van der Waals surface area (Å²) >= 11 is 0. The predicted octanol–water partition coefficient (Wildman–Crippen LogP) is 1.78. The molecular formula is C9H16O2. The van der Waals surface area contributed by atoms with Gasteiger partial charge in [-0.3, -0.25) is 4.79 Å². The molecule has 0 heterocycles. The summed E-state index contributed by atoms with van der Waals surface area (Å²) in [5.74, 6) is 0.724. The molecule has 2 heteroatoms. The van der Waals surface area contributed by atoms with Crippen LogP contribution in [0.2, 0.25) is 0 Å². The quantitative estimate of drug-likeness (QED) is 0.620. The van der Waals surface area contributed by atoms with Gasteiger partial charge < -0.3 is 4.74 Å². The second-order valence-electron chi connectivity index (χ2n) is 3.36. The maximum atomic E-state index is 11.4. The molecule has 1 fully saturated rings. The van der Waals surface area contributed by atoms with Crippen molar-refractivity contribution in [2.45, 2.75) is 38.7 Å². The van der Waals surface area contributed by atoms with Crippen molar-refractivity contribution in [2.75, 3.05) is 7.11 Å². The van der Waals surface area contributed by atoms with E-state index in [2.05, 4.69) is 0 Å². The largest absolute Gasteiger partial charge is 0.370 e. The van der Waals surface area contributed by atoms with Gasteiger partial charge in [0.1, 0.15) is 5.60 Å². The molecule has 1 unspecified atom stereocenters. The number of carbonyl (C=O) groups excluding carboxylic acids is 1. The van der Waals surface area contributed by atoms with Crippen molar-refractivity contribution in [1.29, 1.82) is 0 Å². The first-order valence-electron chi connectivity index (χ1n) is 4.23. The lowest BCUT2D eigenvalue weighted by molar-refractivity contribution is -0.141. The van der Waals surface area contributed by atoms with Crippen molar-refractivity contribution in [2.24, 2.45) is 5.92 Å². The Kier molecular flexibility index (Phi) is 2.33. The van der Waals surface area contributed by atoms with Crippen LogP contribution in [0.1, 0.15) is 33.1 Å². The summed E-state index contributed by atoms with van der Waals surface area (Å²) < 4.78 is 5.26. The highest BCUT2D eigenvalue weighted by Crippen LogP contribution is 2.42. The summed E-state index contributed by atoms with van der Waals surface area (Å²) in [6.45, 7) is 3.80. The van der Waals surface area contributed by atoms with E-state index in [0.717, 1.165) is 12.8 Å². The third-order valence-corrected chi connectivity index (χ3v) is 2.66. The SMILES string of the molecule is CCC(=O)C(C)(OC)C1CC1. The number of hydrogen-bond donors (Lipinski definition) is 0. The molecule has 0 spiro atoms. The van der Waals surface area contributed by atoms with E-state index in [0.29, 0.717) is 12.3 Å². The van der Waals surface area contributed by atoms with Gasteiger partial charge in [0.25, 0.3) is 0 Å². The molecule has 64 valence electrons. The first kappa shape index (κ1) is 8.72. The van der Waals surface area contributed by atoms with Gasteiger partial charge in [-0.2, -0.15) is 0 Å². The summed E-state index contributed by atoms with van der Waals surface area (Å²) in [7, 11) is 1.63. The Bertz CT molecular complexity index is 161. The smallest absolute Gasteiger partial charge is 0.164 e.